The molecule has 0 spiro atoms. The number of ether oxygens (including phenoxy) is 2. The third-order valence-electron chi connectivity index (χ3n) is 3.73. The summed E-state index contributed by atoms with van der Waals surface area (Å²) in [6.45, 7) is 3.88. The van der Waals surface area contributed by atoms with E-state index in [-0.39, 0.29) is 27.7 Å². The predicted octanol–water partition coefficient (Wildman–Crippen LogP) is 4.16. The molecule has 0 aliphatic rings. The van der Waals surface area contributed by atoms with E-state index in [9.17, 15) is 8.42 Å². The molecule has 0 unspecified atom stereocenters. The van der Waals surface area contributed by atoms with Gasteiger partial charge in [-0.15, -0.1) is 0 Å². The summed E-state index contributed by atoms with van der Waals surface area (Å²) in [6.07, 6.45) is 0.0660. The molecule has 9 heteroatoms. The van der Waals surface area contributed by atoms with Crippen LogP contribution in [-0.4, -0.2) is 31.8 Å². The van der Waals surface area contributed by atoms with Crippen molar-refractivity contribution in [2.45, 2.75) is 30.6 Å². The zero-order chi connectivity index (χ0) is 20.3. The second-order valence-electron chi connectivity index (χ2n) is 6.26. The minimum absolute atomic E-state index is 0.0282. The number of rotatable bonds is 7. The van der Waals surface area contributed by atoms with Gasteiger partial charge in [0.25, 0.3) is 0 Å². The van der Waals surface area contributed by atoms with Crippen molar-refractivity contribution in [2.75, 3.05) is 7.11 Å². The van der Waals surface area contributed by atoms with E-state index in [2.05, 4.69) is 10.1 Å². The summed E-state index contributed by atoms with van der Waals surface area (Å²) in [6, 6.07) is 11.5. The Morgan fingerprint density at radius 2 is 1.86 bits per heavy atom. The predicted molar refractivity (Wildman–Crippen MR) is 104 cm³/mol. The molecule has 0 fully saturated rings. The van der Waals surface area contributed by atoms with Crippen molar-refractivity contribution in [3.05, 3.63) is 53.4 Å². The topological polar surface area (TPSA) is 91.5 Å². The molecule has 3 aromatic rings. The standard InChI is InChI=1S/C19H19ClN2O5S/c1-12(2)26-15-7-4-13(5-8-15)19-21-18(27-22-19)11-28(23,24)17-10-14(20)6-9-16(17)25-3/h4-10,12H,11H2,1-3H3. The number of halogens is 1. The first-order valence-corrected chi connectivity index (χ1v) is 10.5. The highest BCUT2D eigenvalue weighted by atomic mass is 35.5. The molecule has 7 nitrogen and oxygen atoms in total. The molecular formula is C19H19ClN2O5S. The number of methoxy groups -OCH3 is 1. The molecule has 2 aromatic carbocycles. The molecule has 0 bridgehead atoms. The van der Waals surface area contributed by atoms with Gasteiger partial charge in [0.05, 0.1) is 13.2 Å². The largest absolute Gasteiger partial charge is 0.495 e. The quantitative estimate of drug-likeness (QED) is 0.564. The van der Waals surface area contributed by atoms with Gasteiger partial charge in [-0.25, -0.2) is 8.42 Å². The third kappa shape index (κ3) is 4.63. The van der Waals surface area contributed by atoms with Crippen molar-refractivity contribution in [2.24, 2.45) is 0 Å². The smallest absolute Gasteiger partial charge is 0.242 e. The molecule has 148 valence electrons. The van der Waals surface area contributed by atoms with Crippen molar-refractivity contribution >= 4 is 21.4 Å². The second-order valence-corrected chi connectivity index (χ2v) is 8.65. The van der Waals surface area contributed by atoms with Crippen LogP contribution < -0.4 is 9.47 Å². The molecule has 0 N–H and O–H groups in total. The van der Waals surface area contributed by atoms with Gasteiger partial charge in [0.2, 0.25) is 11.7 Å². The lowest BCUT2D eigenvalue weighted by Gasteiger charge is -2.09. The first-order valence-electron chi connectivity index (χ1n) is 8.44. The van der Waals surface area contributed by atoms with Crippen LogP contribution >= 0.6 is 11.6 Å². The normalized spacial score (nSPS) is 11.6. The minimum Gasteiger partial charge on any atom is -0.495 e. The molecule has 1 heterocycles. The van der Waals surface area contributed by atoms with Gasteiger partial charge in [0, 0.05) is 10.6 Å². The van der Waals surface area contributed by atoms with Crippen LogP contribution in [0.15, 0.2) is 51.9 Å². The molecule has 28 heavy (non-hydrogen) atoms. The van der Waals surface area contributed by atoms with Crippen LogP contribution in [0.25, 0.3) is 11.4 Å². The summed E-state index contributed by atoms with van der Waals surface area (Å²) in [7, 11) is -2.40. The first-order chi connectivity index (χ1) is 13.3. The van der Waals surface area contributed by atoms with Crippen LogP contribution in [0.4, 0.5) is 0 Å². The lowest BCUT2D eigenvalue weighted by Crippen LogP contribution is -2.07. The number of aromatic nitrogens is 2. The highest BCUT2D eigenvalue weighted by Gasteiger charge is 2.24. The van der Waals surface area contributed by atoms with Crippen molar-refractivity contribution in [1.29, 1.82) is 0 Å². The van der Waals surface area contributed by atoms with E-state index < -0.39 is 15.6 Å². The van der Waals surface area contributed by atoms with E-state index in [1.54, 1.807) is 30.3 Å². The van der Waals surface area contributed by atoms with Gasteiger partial charge < -0.3 is 14.0 Å². The Kier molecular flexibility index (Phi) is 5.90. The molecule has 0 saturated carbocycles. The van der Waals surface area contributed by atoms with Crippen LogP contribution in [0.2, 0.25) is 5.02 Å². The fourth-order valence-electron chi connectivity index (χ4n) is 2.52. The summed E-state index contributed by atoms with van der Waals surface area (Å²) < 4.78 is 41.3. The molecule has 0 saturated heterocycles. The highest BCUT2D eigenvalue weighted by molar-refractivity contribution is 7.90. The minimum atomic E-state index is -3.79. The highest BCUT2D eigenvalue weighted by Crippen LogP contribution is 2.30. The molecule has 1 aromatic heterocycles. The molecule has 3 rings (SSSR count). The zero-order valence-corrected chi connectivity index (χ0v) is 17.1. The van der Waals surface area contributed by atoms with Gasteiger partial charge in [-0.05, 0) is 56.3 Å². The Balaban J connectivity index is 1.82. The molecule has 0 amide bonds. The Bertz CT molecular complexity index is 1060. The van der Waals surface area contributed by atoms with Crippen molar-refractivity contribution < 1.29 is 22.4 Å². The molecule has 0 aliphatic carbocycles. The molecule has 0 atom stereocenters. The van der Waals surface area contributed by atoms with Gasteiger partial charge in [-0.1, -0.05) is 16.8 Å². The van der Waals surface area contributed by atoms with Crippen LogP contribution in [0.3, 0.4) is 0 Å². The Labute approximate surface area is 168 Å². The van der Waals surface area contributed by atoms with Crippen LogP contribution in [0.1, 0.15) is 19.7 Å². The third-order valence-corrected chi connectivity index (χ3v) is 5.58. The summed E-state index contributed by atoms with van der Waals surface area (Å²) >= 11 is 5.93. The summed E-state index contributed by atoms with van der Waals surface area (Å²) in [5, 5.41) is 4.15. The lowest BCUT2D eigenvalue weighted by molar-refractivity contribution is 0.242. The van der Waals surface area contributed by atoms with Gasteiger partial charge in [0.15, 0.2) is 9.84 Å². The summed E-state index contributed by atoms with van der Waals surface area (Å²) in [5.41, 5.74) is 0.684. The van der Waals surface area contributed by atoms with E-state index in [1.165, 1.54) is 19.2 Å². The van der Waals surface area contributed by atoms with E-state index in [1.807, 2.05) is 13.8 Å². The van der Waals surface area contributed by atoms with E-state index in [4.69, 9.17) is 25.6 Å². The molecule has 0 radical (unpaired) electrons. The average molecular weight is 423 g/mol. The van der Waals surface area contributed by atoms with Gasteiger partial charge in [-0.3, -0.25) is 0 Å². The Hall–Kier alpha value is -2.58. The van der Waals surface area contributed by atoms with Crippen molar-refractivity contribution in [3.8, 4) is 22.9 Å². The number of sulfone groups is 1. The van der Waals surface area contributed by atoms with Gasteiger partial charge in [0.1, 0.15) is 22.1 Å². The van der Waals surface area contributed by atoms with E-state index in [0.29, 0.717) is 11.4 Å². The first kappa shape index (κ1) is 20.2. The monoisotopic (exact) mass is 422 g/mol. The maximum Gasteiger partial charge on any atom is 0.242 e. The Morgan fingerprint density at radius 3 is 2.50 bits per heavy atom. The van der Waals surface area contributed by atoms with E-state index in [0.717, 1.165) is 5.75 Å². The number of hydrogen-bond acceptors (Lipinski definition) is 7. The maximum absolute atomic E-state index is 12.7. The van der Waals surface area contributed by atoms with Crippen LogP contribution in [0.5, 0.6) is 11.5 Å². The number of benzene rings is 2. The summed E-state index contributed by atoms with van der Waals surface area (Å²) in [4.78, 5) is 4.16. The van der Waals surface area contributed by atoms with Gasteiger partial charge in [-0.2, -0.15) is 4.98 Å². The Morgan fingerprint density at radius 1 is 1.14 bits per heavy atom. The van der Waals surface area contributed by atoms with Crippen LogP contribution in [-0.2, 0) is 15.6 Å². The maximum atomic E-state index is 12.7. The van der Waals surface area contributed by atoms with Crippen molar-refractivity contribution in [1.82, 2.24) is 10.1 Å². The fraction of sp³-hybridized carbons (Fsp3) is 0.263. The molecular weight excluding hydrogens is 404 g/mol. The molecule has 0 aliphatic heterocycles. The number of nitrogens with zero attached hydrogens (tertiary/aromatic N) is 2. The zero-order valence-electron chi connectivity index (χ0n) is 15.5. The van der Waals surface area contributed by atoms with Crippen molar-refractivity contribution in [3.63, 3.8) is 0 Å². The van der Waals surface area contributed by atoms with E-state index >= 15 is 0 Å². The SMILES string of the molecule is COc1ccc(Cl)cc1S(=O)(=O)Cc1nc(-c2ccc(OC(C)C)cc2)no1. The lowest BCUT2D eigenvalue weighted by atomic mass is 10.2. The fourth-order valence-corrected chi connectivity index (χ4v) is 4.12. The summed E-state index contributed by atoms with van der Waals surface area (Å²) in [5.74, 6) is 0.715. The van der Waals surface area contributed by atoms with Gasteiger partial charge >= 0.3 is 0 Å². The second kappa shape index (κ2) is 8.20. The number of hydrogen-bond donors (Lipinski definition) is 0. The van der Waals surface area contributed by atoms with Crippen LogP contribution in [0, 0.1) is 0 Å². The average Bonchev–Trinajstić information content (AvgIpc) is 3.09.